The fourth-order valence-corrected chi connectivity index (χ4v) is 2.97. The fourth-order valence-electron chi connectivity index (χ4n) is 2.01. The summed E-state index contributed by atoms with van der Waals surface area (Å²) in [5.41, 5.74) is 2.77. The van der Waals surface area contributed by atoms with Crippen molar-refractivity contribution in [3.05, 3.63) is 47.8 Å². The molecule has 0 aliphatic rings. The van der Waals surface area contributed by atoms with Gasteiger partial charge in [-0.25, -0.2) is 9.37 Å². The number of thiazole rings is 1. The van der Waals surface area contributed by atoms with Gasteiger partial charge in [0.05, 0.1) is 17.3 Å². The number of nitrogens with zero attached hydrogens (tertiary/aromatic N) is 1. The first-order chi connectivity index (χ1) is 9.67. The first-order valence-electron chi connectivity index (χ1n) is 6.14. The average molecular weight is 288 g/mol. The monoisotopic (exact) mass is 288 g/mol. The fraction of sp³-hybridized carbons (Fsp3) is 0.133. The van der Waals surface area contributed by atoms with Crippen LogP contribution in [0, 0.1) is 12.7 Å². The summed E-state index contributed by atoms with van der Waals surface area (Å²) in [7, 11) is 1.45. The molecular formula is C15H13FN2OS. The molecule has 3 rings (SSSR count). The van der Waals surface area contributed by atoms with Gasteiger partial charge in [0.2, 0.25) is 0 Å². The van der Waals surface area contributed by atoms with Crippen LogP contribution in [0.1, 0.15) is 5.56 Å². The number of fused-ring (bicyclic) bond motifs is 1. The van der Waals surface area contributed by atoms with E-state index in [2.05, 4.69) is 10.3 Å². The molecule has 3 aromatic rings. The molecule has 0 unspecified atom stereocenters. The van der Waals surface area contributed by atoms with Gasteiger partial charge in [-0.2, -0.15) is 0 Å². The summed E-state index contributed by atoms with van der Waals surface area (Å²) in [4.78, 5) is 4.53. The number of hydrogen-bond donors (Lipinski definition) is 1. The summed E-state index contributed by atoms with van der Waals surface area (Å²) >= 11 is 1.55. The molecule has 1 N–H and O–H groups in total. The van der Waals surface area contributed by atoms with Gasteiger partial charge in [-0.15, -0.1) is 0 Å². The van der Waals surface area contributed by atoms with Crippen molar-refractivity contribution in [3.63, 3.8) is 0 Å². The van der Waals surface area contributed by atoms with Crippen molar-refractivity contribution < 1.29 is 9.13 Å². The highest BCUT2D eigenvalue weighted by Gasteiger charge is 2.08. The topological polar surface area (TPSA) is 34.1 Å². The second kappa shape index (κ2) is 5.09. The van der Waals surface area contributed by atoms with Crippen LogP contribution in [0.15, 0.2) is 36.4 Å². The molecule has 0 spiro atoms. The maximum absolute atomic E-state index is 13.6. The maximum Gasteiger partial charge on any atom is 0.188 e. The Balaban J connectivity index is 1.93. The van der Waals surface area contributed by atoms with Crippen LogP contribution in [0.3, 0.4) is 0 Å². The SMILES string of the molecule is COc1ccc(Nc2nc3c(C)cccc3s2)cc1F. The van der Waals surface area contributed by atoms with Crippen molar-refractivity contribution in [2.75, 3.05) is 12.4 Å². The van der Waals surface area contributed by atoms with Crippen LogP contribution < -0.4 is 10.1 Å². The highest BCUT2D eigenvalue weighted by Crippen LogP contribution is 2.31. The molecule has 0 fully saturated rings. The number of aryl methyl sites for hydroxylation is 1. The largest absolute Gasteiger partial charge is 0.494 e. The van der Waals surface area contributed by atoms with Crippen LogP contribution >= 0.6 is 11.3 Å². The van der Waals surface area contributed by atoms with Crippen LogP contribution in [0.4, 0.5) is 15.2 Å². The van der Waals surface area contributed by atoms with Crippen molar-refractivity contribution in [1.29, 1.82) is 0 Å². The smallest absolute Gasteiger partial charge is 0.188 e. The van der Waals surface area contributed by atoms with Gasteiger partial charge in [-0.1, -0.05) is 23.5 Å². The number of methoxy groups -OCH3 is 1. The minimum atomic E-state index is -0.394. The Morgan fingerprint density at radius 3 is 2.80 bits per heavy atom. The standard InChI is InChI=1S/C15H13FN2OS/c1-9-4-3-5-13-14(9)18-15(20-13)17-10-6-7-12(19-2)11(16)8-10/h3-8H,1-2H3,(H,17,18). The van der Waals surface area contributed by atoms with Crippen LogP contribution in [0.2, 0.25) is 0 Å². The number of anilines is 2. The molecule has 0 atom stereocenters. The van der Waals surface area contributed by atoms with Crippen molar-refractivity contribution in [2.45, 2.75) is 6.92 Å². The van der Waals surface area contributed by atoms with E-state index >= 15 is 0 Å². The predicted octanol–water partition coefficient (Wildman–Crippen LogP) is 4.50. The summed E-state index contributed by atoms with van der Waals surface area (Å²) in [5, 5.41) is 3.87. The van der Waals surface area contributed by atoms with Crippen molar-refractivity contribution >= 4 is 32.4 Å². The van der Waals surface area contributed by atoms with Crippen LogP contribution in [0.25, 0.3) is 10.2 Å². The van der Waals surface area contributed by atoms with Gasteiger partial charge in [-0.05, 0) is 30.7 Å². The highest BCUT2D eigenvalue weighted by atomic mass is 32.1. The number of nitrogens with one attached hydrogen (secondary N) is 1. The van der Waals surface area contributed by atoms with E-state index in [1.54, 1.807) is 23.5 Å². The first kappa shape index (κ1) is 12.9. The molecule has 3 nitrogen and oxygen atoms in total. The summed E-state index contributed by atoms with van der Waals surface area (Å²) in [6.07, 6.45) is 0. The molecule has 0 saturated carbocycles. The van der Waals surface area contributed by atoms with E-state index in [1.807, 2.05) is 25.1 Å². The molecule has 0 radical (unpaired) electrons. The van der Waals surface area contributed by atoms with E-state index in [9.17, 15) is 4.39 Å². The third-order valence-corrected chi connectivity index (χ3v) is 3.96. The molecule has 5 heteroatoms. The van der Waals surface area contributed by atoms with E-state index in [-0.39, 0.29) is 5.75 Å². The Kier molecular flexibility index (Phi) is 3.28. The number of aromatic nitrogens is 1. The molecule has 0 amide bonds. The molecule has 1 aromatic heterocycles. The zero-order valence-electron chi connectivity index (χ0n) is 11.1. The molecule has 0 bridgehead atoms. The lowest BCUT2D eigenvalue weighted by molar-refractivity contribution is 0.386. The normalized spacial score (nSPS) is 10.8. The van der Waals surface area contributed by atoms with Crippen molar-refractivity contribution in [2.24, 2.45) is 0 Å². The maximum atomic E-state index is 13.6. The van der Waals surface area contributed by atoms with Gasteiger partial charge in [0.1, 0.15) is 0 Å². The Bertz CT molecular complexity index is 770. The molecule has 0 aliphatic heterocycles. The Hall–Kier alpha value is -2.14. The molecule has 0 saturated heterocycles. The Morgan fingerprint density at radius 2 is 2.10 bits per heavy atom. The van der Waals surface area contributed by atoms with E-state index < -0.39 is 5.82 Å². The molecule has 0 aliphatic carbocycles. The lowest BCUT2D eigenvalue weighted by atomic mass is 10.2. The van der Waals surface area contributed by atoms with E-state index in [4.69, 9.17) is 4.74 Å². The number of para-hydroxylation sites is 1. The molecule has 2 aromatic carbocycles. The summed E-state index contributed by atoms with van der Waals surface area (Å²) in [6.45, 7) is 2.03. The predicted molar refractivity (Wildman–Crippen MR) is 80.6 cm³/mol. The van der Waals surface area contributed by atoms with Gasteiger partial charge in [-0.3, -0.25) is 0 Å². The van der Waals surface area contributed by atoms with E-state index in [0.717, 1.165) is 20.9 Å². The van der Waals surface area contributed by atoms with E-state index in [1.165, 1.54) is 13.2 Å². The van der Waals surface area contributed by atoms with Crippen molar-refractivity contribution in [1.82, 2.24) is 4.98 Å². The molecule has 102 valence electrons. The van der Waals surface area contributed by atoms with Crippen LogP contribution in [-0.4, -0.2) is 12.1 Å². The molecule has 20 heavy (non-hydrogen) atoms. The summed E-state index contributed by atoms with van der Waals surface area (Å²) in [5.74, 6) is -0.162. The van der Waals surface area contributed by atoms with Crippen LogP contribution in [-0.2, 0) is 0 Å². The Labute approximate surface area is 120 Å². The van der Waals surface area contributed by atoms with Crippen molar-refractivity contribution in [3.8, 4) is 5.75 Å². The zero-order chi connectivity index (χ0) is 14.1. The first-order valence-corrected chi connectivity index (χ1v) is 6.96. The minimum Gasteiger partial charge on any atom is -0.494 e. The lowest BCUT2D eigenvalue weighted by Crippen LogP contribution is -1.92. The van der Waals surface area contributed by atoms with E-state index in [0.29, 0.717) is 5.69 Å². The third kappa shape index (κ3) is 2.32. The van der Waals surface area contributed by atoms with Gasteiger partial charge < -0.3 is 10.1 Å². The third-order valence-electron chi connectivity index (χ3n) is 3.02. The highest BCUT2D eigenvalue weighted by molar-refractivity contribution is 7.22. The van der Waals surface area contributed by atoms with Gasteiger partial charge >= 0.3 is 0 Å². The Morgan fingerprint density at radius 1 is 1.25 bits per heavy atom. The molecule has 1 heterocycles. The zero-order valence-corrected chi connectivity index (χ0v) is 11.9. The van der Waals surface area contributed by atoms with Gasteiger partial charge in [0.25, 0.3) is 0 Å². The minimum absolute atomic E-state index is 0.232. The second-order valence-corrected chi connectivity index (χ2v) is 5.45. The number of rotatable bonds is 3. The lowest BCUT2D eigenvalue weighted by Gasteiger charge is -2.05. The number of hydrogen-bond acceptors (Lipinski definition) is 4. The van der Waals surface area contributed by atoms with Gasteiger partial charge in [0, 0.05) is 11.8 Å². The number of halogens is 1. The van der Waals surface area contributed by atoms with Gasteiger partial charge in [0.15, 0.2) is 16.7 Å². The van der Waals surface area contributed by atoms with Crippen LogP contribution in [0.5, 0.6) is 5.75 Å². The summed E-state index contributed by atoms with van der Waals surface area (Å²) in [6, 6.07) is 10.8. The second-order valence-electron chi connectivity index (χ2n) is 4.41. The number of ether oxygens (including phenoxy) is 1. The average Bonchev–Trinajstić information content (AvgIpc) is 2.83. The molecular weight excluding hydrogens is 275 g/mol. The quantitative estimate of drug-likeness (QED) is 0.770. The number of benzene rings is 2. The summed E-state index contributed by atoms with van der Waals surface area (Å²) < 4.78 is 19.7.